The maximum Gasteiger partial charge on any atom is 0.272 e. The van der Waals surface area contributed by atoms with Gasteiger partial charge in [-0.25, -0.2) is 9.97 Å². The van der Waals surface area contributed by atoms with Gasteiger partial charge in [-0.3, -0.25) is 14.2 Å². The van der Waals surface area contributed by atoms with Crippen LogP contribution in [0, 0.1) is 20.8 Å². The lowest BCUT2D eigenvalue weighted by molar-refractivity contribution is -0.122. The van der Waals surface area contributed by atoms with Gasteiger partial charge in [0.15, 0.2) is 0 Å². The summed E-state index contributed by atoms with van der Waals surface area (Å²) in [5, 5.41) is 3.79. The van der Waals surface area contributed by atoms with Crippen molar-refractivity contribution in [2.45, 2.75) is 46.3 Å². The van der Waals surface area contributed by atoms with Crippen molar-refractivity contribution in [2.24, 2.45) is 0 Å². The highest BCUT2D eigenvalue weighted by Gasteiger charge is 2.19. The number of carbonyl (C=O) groups is 1. The highest BCUT2D eigenvalue weighted by molar-refractivity contribution is 7.25. The van der Waals surface area contributed by atoms with Crippen LogP contribution in [0.5, 0.6) is 0 Å². The zero-order chi connectivity index (χ0) is 19.1. The molecule has 0 radical (unpaired) electrons. The Labute approximate surface area is 160 Å². The van der Waals surface area contributed by atoms with Gasteiger partial charge in [0, 0.05) is 24.2 Å². The summed E-state index contributed by atoms with van der Waals surface area (Å²) in [6.07, 6.45) is 2.06. The molecule has 1 saturated heterocycles. The van der Waals surface area contributed by atoms with Crippen LogP contribution in [-0.4, -0.2) is 39.7 Å². The quantitative estimate of drug-likeness (QED) is 0.743. The molecule has 4 rings (SSSR count). The number of ether oxygens (including phenoxy) is 1. The van der Waals surface area contributed by atoms with Gasteiger partial charge in [-0.15, -0.1) is 11.3 Å². The number of aryl methyl sites for hydroxylation is 3. The Bertz CT molecular complexity index is 1100. The lowest BCUT2D eigenvalue weighted by Gasteiger charge is -2.13. The fraction of sp³-hybridized carbons (Fsp3) is 0.474. The third-order valence-electron chi connectivity index (χ3n) is 4.92. The van der Waals surface area contributed by atoms with Crippen molar-refractivity contribution in [1.82, 2.24) is 19.9 Å². The summed E-state index contributed by atoms with van der Waals surface area (Å²) < 4.78 is 7.49. The van der Waals surface area contributed by atoms with Crippen molar-refractivity contribution in [3.63, 3.8) is 0 Å². The van der Waals surface area contributed by atoms with Crippen molar-refractivity contribution < 1.29 is 9.53 Å². The van der Waals surface area contributed by atoms with Crippen molar-refractivity contribution in [3.8, 4) is 0 Å². The van der Waals surface area contributed by atoms with E-state index in [4.69, 9.17) is 4.74 Å². The molecule has 1 aliphatic heterocycles. The molecular formula is C19H22N4O3S. The number of fused-ring (bicyclic) bond motifs is 3. The molecule has 1 N–H and O–H groups in total. The normalized spacial score (nSPS) is 17.1. The lowest BCUT2D eigenvalue weighted by atomic mass is 10.1. The van der Waals surface area contributed by atoms with E-state index in [1.54, 1.807) is 6.92 Å². The average Bonchev–Trinajstić information content (AvgIpc) is 3.24. The number of nitrogens with one attached hydrogen (secondary N) is 1. The van der Waals surface area contributed by atoms with E-state index in [1.807, 2.05) is 19.9 Å². The molecule has 0 aromatic carbocycles. The number of hydrogen-bond donors (Lipinski definition) is 1. The second-order valence-corrected chi connectivity index (χ2v) is 8.03. The number of aromatic nitrogens is 3. The van der Waals surface area contributed by atoms with Crippen molar-refractivity contribution in [1.29, 1.82) is 0 Å². The van der Waals surface area contributed by atoms with Gasteiger partial charge in [-0.1, -0.05) is 0 Å². The van der Waals surface area contributed by atoms with E-state index in [0.717, 1.165) is 40.9 Å². The summed E-state index contributed by atoms with van der Waals surface area (Å²) >= 11 is 1.34. The van der Waals surface area contributed by atoms with Gasteiger partial charge < -0.3 is 10.1 Å². The van der Waals surface area contributed by atoms with Gasteiger partial charge in [0.2, 0.25) is 5.91 Å². The van der Waals surface area contributed by atoms with E-state index in [0.29, 0.717) is 22.6 Å². The predicted octanol–water partition coefficient (Wildman–Crippen LogP) is 2.23. The maximum atomic E-state index is 13.0. The van der Waals surface area contributed by atoms with Gasteiger partial charge in [0.05, 0.1) is 11.6 Å². The maximum absolute atomic E-state index is 13.0. The summed E-state index contributed by atoms with van der Waals surface area (Å²) in [7, 11) is 0. The number of rotatable bonds is 4. The zero-order valence-corrected chi connectivity index (χ0v) is 16.5. The Morgan fingerprint density at radius 1 is 1.37 bits per heavy atom. The van der Waals surface area contributed by atoms with Crippen LogP contribution in [0.15, 0.2) is 10.9 Å². The minimum absolute atomic E-state index is 0.0417. The van der Waals surface area contributed by atoms with Crippen molar-refractivity contribution in [2.75, 3.05) is 13.2 Å². The minimum Gasteiger partial charge on any atom is -0.376 e. The molecule has 7 nitrogen and oxygen atoms in total. The highest BCUT2D eigenvalue weighted by Crippen LogP contribution is 2.32. The molecule has 1 unspecified atom stereocenters. The topological polar surface area (TPSA) is 86.1 Å². The van der Waals surface area contributed by atoms with E-state index < -0.39 is 0 Å². The fourth-order valence-corrected chi connectivity index (χ4v) is 4.77. The summed E-state index contributed by atoms with van der Waals surface area (Å²) in [6.45, 7) is 6.89. The summed E-state index contributed by atoms with van der Waals surface area (Å²) in [4.78, 5) is 35.3. The first-order valence-corrected chi connectivity index (χ1v) is 9.92. The molecule has 1 fully saturated rings. The Kier molecular flexibility index (Phi) is 4.69. The number of hydrogen-bond acceptors (Lipinski definition) is 6. The molecule has 0 spiro atoms. The van der Waals surface area contributed by atoms with Gasteiger partial charge >= 0.3 is 0 Å². The number of thiophene rings is 1. The first-order chi connectivity index (χ1) is 12.9. The monoisotopic (exact) mass is 386 g/mol. The van der Waals surface area contributed by atoms with Crippen molar-refractivity contribution in [3.05, 3.63) is 33.5 Å². The molecule has 3 aromatic rings. The molecule has 1 aliphatic rings. The SMILES string of the molecule is Cc1cc(C)c2c(n1)sc1c(=O)n(CC(=O)NCC3CCCO3)c(C)nc12. The van der Waals surface area contributed by atoms with Crippen LogP contribution in [0.2, 0.25) is 0 Å². The molecular weight excluding hydrogens is 364 g/mol. The minimum atomic E-state index is -0.205. The van der Waals surface area contributed by atoms with Crippen LogP contribution in [0.4, 0.5) is 0 Å². The van der Waals surface area contributed by atoms with Crippen molar-refractivity contribution >= 4 is 37.7 Å². The molecule has 0 saturated carbocycles. The Morgan fingerprint density at radius 2 is 2.19 bits per heavy atom. The summed E-state index contributed by atoms with van der Waals surface area (Å²) in [6, 6.07) is 2.00. The zero-order valence-electron chi connectivity index (χ0n) is 15.7. The van der Waals surface area contributed by atoms with Crippen LogP contribution in [0.25, 0.3) is 20.4 Å². The second-order valence-electron chi connectivity index (χ2n) is 7.03. The van der Waals surface area contributed by atoms with Crippen LogP contribution in [0.3, 0.4) is 0 Å². The van der Waals surface area contributed by atoms with Gasteiger partial charge in [-0.2, -0.15) is 0 Å². The number of amides is 1. The van der Waals surface area contributed by atoms with E-state index in [1.165, 1.54) is 15.9 Å². The molecule has 8 heteroatoms. The second kappa shape index (κ2) is 7.01. The number of carbonyl (C=O) groups excluding carboxylic acids is 1. The Hall–Kier alpha value is -2.32. The van der Waals surface area contributed by atoms with E-state index in [2.05, 4.69) is 15.3 Å². The van der Waals surface area contributed by atoms with E-state index in [9.17, 15) is 9.59 Å². The lowest BCUT2D eigenvalue weighted by Crippen LogP contribution is -2.37. The predicted molar refractivity (Wildman–Crippen MR) is 105 cm³/mol. The van der Waals surface area contributed by atoms with Gasteiger partial charge in [0.25, 0.3) is 5.56 Å². The summed E-state index contributed by atoms with van der Waals surface area (Å²) in [5.41, 5.74) is 2.46. The first-order valence-electron chi connectivity index (χ1n) is 9.10. The molecule has 1 amide bonds. The largest absolute Gasteiger partial charge is 0.376 e. The standard InChI is InChI=1S/C19H22N4O3S/c1-10-7-11(2)21-18-15(10)16-17(27-18)19(25)23(12(3)22-16)9-14(24)20-8-13-5-4-6-26-13/h7,13H,4-6,8-9H2,1-3H3,(H,20,24). The van der Waals surface area contributed by atoms with E-state index in [-0.39, 0.29) is 24.1 Å². The third kappa shape index (κ3) is 3.35. The van der Waals surface area contributed by atoms with E-state index >= 15 is 0 Å². The molecule has 0 bridgehead atoms. The Morgan fingerprint density at radius 3 is 2.93 bits per heavy atom. The number of pyridine rings is 1. The molecule has 142 valence electrons. The van der Waals surface area contributed by atoms with Crippen LogP contribution < -0.4 is 10.9 Å². The van der Waals surface area contributed by atoms with Gasteiger partial charge in [0.1, 0.15) is 21.9 Å². The Balaban J connectivity index is 1.67. The smallest absolute Gasteiger partial charge is 0.272 e. The average molecular weight is 386 g/mol. The highest BCUT2D eigenvalue weighted by atomic mass is 32.1. The van der Waals surface area contributed by atoms with Crippen LogP contribution in [-0.2, 0) is 16.1 Å². The fourth-order valence-electron chi connectivity index (χ4n) is 3.58. The number of nitrogens with zero attached hydrogens (tertiary/aromatic N) is 3. The molecule has 4 heterocycles. The van der Waals surface area contributed by atoms with Crippen LogP contribution in [0.1, 0.15) is 29.9 Å². The van der Waals surface area contributed by atoms with Gasteiger partial charge in [-0.05, 0) is 45.2 Å². The molecule has 27 heavy (non-hydrogen) atoms. The first kappa shape index (κ1) is 18.1. The molecule has 3 aromatic heterocycles. The molecule has 0 aliphatic carbocycles. The third-order valence-corrected chi connectivity index (χ3v) is 5.98. The molecule has 1 atom stereocenters. The van der Waals surface area contributed by atoms with Crippen LogP contribution >= 0.6 is 11.3 Å². The summed E-state index contributed by atoms with van der Waals surface area (Å²) in [5.74, 6) is 0.322.